The maximum atomic E-state index is 13.6. The molecule has 0 spiro atoms. The van der Waals surface area contributed by atoms with Gasteiger partial charge in [0.1, 0.15) is 11.6 Å². The molecule has 0 aliphatic carbocycles. The van der Waals surface area contributed by atoms with E-state index in [0.717, 1.165) is 66.7 Å². The van der Waals surface area contributed by atoms with Crippen LogP contribution in [0.3, 0.4) is 0 Å². The normalized spacial score (nSPS) is 15.3. The molecule has 5 rings (SSSR count). The Kier molecular flexibility index (Phi) is 5.86. The summed E-state index contributed by atoms with van der Waals surface area (Å²) in [5.41, 5.74) is 5.91. The highest BCUT2D eigenvalue weighted by atomic mass is 19.1. The van der Waals surface area contributed by atoms with Gasteiger partial charge in [0, 0.05) is 49.8 Å². The van der Waals surface area contributed by atoms with Gasteiger partial charge in [-0.1, -0.05) is 63.2 Å². The van der Waals surface area contributed by atoms with Gasteiger partial charge in [-0.05, 0) is 30.2 Å². The molecule has 3 heterocycles. The second-order valence-corrected chi connectivity index (χ2v) is 10.2. The van der Waals surface area contributed by atoms with Crippen LogP contribution >= 0.6 is 0 Å². The van der Waals surface area contributed by atoms with Crippen LogP contribution in [0.25, 0.3) is 16.8 Å². The molecular weight excluding hydrogens is 425 g/mol. The van der Waals surface area contributed by atoms with Crippen molar-refractivity contribution >= 4 is 11.5 Å². The van der Waals surface area contributed by atoms with Crippen LogP contribution in [0, 0.1) is 12.7 Å². The summed E-state index contributed by atoms with van der Waals surface area (Å²) >= 11 is 0. The van der Waals surface area contributed by atoms with E-state index in [-0.39, 0.29) is 11.2 Å². The lowest BCUT2D eigenvalue weighted by atomic mass is 9.91. The molecule has 2 aromatic heterocycles. The van der Waals surface area contributed by atoms with Gasteiger partial charge < -0.3 is 4.90 Å². The smallest absolute Gasteiger partial charge is 0.165 e. The fourth-order valence-corrected chi connectivity index (χ4v) is 4.65. The second-order valence-electron chi connectivity index (χ2n) is 10.2. The first-order chi connectivity index (χ1) is 16.3. The van der Waals surface area contributed by atoms with E-state index in [2.05, 4.69) is 67.0 Å². The van der Waals surface area contributed by atoms with Crippen molar-refractivity contribution in [2.45, 2.75) is 39.7 Å². The van der Waals surface area contributed by atoms with Gasteiger partial charge in [0.05, 0.1) is 11.4 Å². The Morgan fingerprint density at radius 2 is 1.59 bits per heavy atom. The third kappa shape index (κ3) is 4.42. The van der Waals surface area contributed by atoms with Crippen molar-refractivity contribution < 1.29 is 4.39 Å². The molecule has 2 aromatic carbocycles. The largest absolute Gasteiger partial charge is 0.354 e. The maximum absolute atomic E-state index is 13.6. The number of nitrogens with zero attached hydrogens (tertiary/aromatic N) is 5. The third-order valence-electron chi connectivity index (χ3n) is 6.59. The molecular formula is C28H32FN5. The summed E-state index contributed by atoms with van der Waals surface area (Å²) in [4.78, 5) is 9.99. The van der Waals surface area contributed by atoms with Crippen LogP contribution in [-0.4, -0.2) is 45.7 Å². The fraction of sp³-hybridized carbons (Fsp3) is 0.357. The van der Waals surface area contributed by atoms with E-state index in [1.54, 1.807) is 0 Å². The van der Waals surface area contributed by atoms with Crippen LogP contribution in [-0.2, 0) is 12.0 Å². The summed E-state index contributed by atoms with van der Waals surface area (Å²) in [5, 5.41) is 4.90. The standard InChI is InChI=1S/C28H32FN5/c1-20-26(22-10-12-23(29)13-11-22)27-30-24(28(2,3)4)18-25(34(27)31-20)33-16-14-32(15-17-33)19-21-8-6-5-7-9-21/h5-13,18H,14-17,19H2,1-4H3. The molecule has 176 valence electrons. The van der Waals surface area contributed by atoms with Gasteiger partial charge in [-0.25, -0.2) is 9.37 Å². The number of halogens is 1. The van der Waals surface area contributed by atoms with Gasteiger partial charge in [0.15, 0.2) is 5.65 Å². The molecule has 4 aromatic rings. The first kappa shape index (κ1) is 22.5. The summed E-state index contributed by atoms with van der Waals surface area (Å²) in [6, 6.07) is 19.5. The number of aryl methyl sites for hydroxylation is 1. The molecule has 6 heteroatoms. The van der Waals surface area contributed by atoms with E-state index < -0.39 is 0 Å². The highest BCUT2D eigenvalue weighted by molar-refractivity contribution is 5.81. The van der Waals surface area contributed by atoms with Gasteiger partial charge in [-0.15, -0.1) is 0 Å². The summed E-state index contributed by atoms with van der Waals surface area (Å²) in [6.07, 6.45) is 0. The Hall–Kier alpha value is -3.25. The lowest BCUT2D eigenvalue weighted by Crippen LogP contribution is -2.46. The van der Waals surface area contributed by atoms with Gasteiger partial charge in [0.2, 0.25) is 0 Å². The first-order valence-corrected chi connectivity index (χ1v) is 12.0. The molecule has 5 nitrogen and oxygen atoms in total. The summed E-state index contributed by atoms with van der Waals surface area (Å²) in [5.74, 6) is 0.834. The molecule has 0 atom stereocenters. The molecule has 1 fully saturated rings. The van der Waals surface area contributed by atoms with Gasteiger partial charge in [0.25, 0.3) is 0 Å². The lowest BCUT2D eigenvalue weighted by Gasteiger charge is -2.36. The Labute approximate surface area is 200 Å². The molecule has 0 radical (unpaired) electrons. The van der Waals surface area contributed by atoms with E-state index in [9.17, 15) is 4.39 Å². The van der Waals surface area contributed by atoms with Crippen LogP contribution in [0.1, 0.15) is 37.7 Å². The SMILES string of the molecule is Cc1nn2c(N3CCN(Cc4ccccc4)CC3)cc(C(C)(C)C)nc2c1-c1ccc(F)cc1. The zero-order chi connectivity index (χ0) is 23.9. The topological polar surface area (TPSA) is 36.7 Å². The number of hydrogen-bond donors (Lipinski definition) is 0. The Morgan fingerprint density at radius 3 is 2.24 bits per heavy atom. The van der Waals surface area contributed by atoms with Crippen LogP contribution in [0.2, 0.25) is 0 Å². The first-order valence-electron chi connectivity index (χ1n) is 12.0. The Bertz CT molecular complexity index is 1280. The molecule has 0 amide bonds. The minimum atomic E-state index is -0.240. The number of piperazine rings is 1. The second kappa shape index (κ2) is 8.84. The fourth-order valence-electron chi connectivity index (χ4n) is 4.65. The zero-order valence-corrected chi connectivity index (χ0v) is 20.4. The van der Waals surface area contributed by atoms with Crippen LogP contribution in [0.4, 0.5) is 10.2 Å². The van der Waals surface area contributed by atoms with Crippen molar-refractivity contribution in [3.8, 4) is 11.1 Å². The van der Waals surface area contributed by atoms with E-state index in [0.29, 0.717) is 0 Å². The molecule has 0 saturated carbocycles. The third-order valence-corrected chi connectivity index (χ3v) is 6.59. The number of hydrogen-bond acceptors (Lipinski definition) is 4. The van der Waals surface area contributed by atoms with Crippen molar-refractivity contribution in [1.29, 1.82) is 0 Å². The van der Waals surface area contributed by atoms with Gasteiger partial charge in [-0.3, -0.25) is 4.90 Å². The zero-order valence-electron chi connectivity index (χ0n) is 20.4. The van der Waals surface area contributed by atoms with Crippen molar-refractivity contribution in [2.75, 3.05) is 31.1 Å². The number of rotatable bonds is 4. The highest BCUT2D eigenvalue weighted by Crippen LogP contribution is 2.33. The molecule has 1 aliphatic heterocycles. The van der Waals surface area contributed by atoms with Gasteiger partial charge in [-0.2, -0.15) is 9.61 Å². The summed E-state index contributed by atoms with van der Waals surface area (Å²) in [6.45, 7) is 13.4. The predicted octanol–water partition coefficient (Wildman–Crippen LogP) is 5.46. The van der Waals surface area contributed by atoms with Crippen molar-refractivity contribution in [3.63, 3.8) is 0 Å². The van der Waals surface area contributed by atoms with Crippen molar-refractivity contribution in [3.05, 3.63) is 83.4 Å². The molecule has 0 N–H and O–H groups in total. The Morgan fingerprint density at radius 1 is 0.912 bits per heavy atom. The van der Waals surface area contributed by atoms with Crippen molar-refractivity contribution in [2.24, 2.45) is 0 Å². The number of benzene rings is 2. The molecule has 0 unspecified atom stereocenters. The molecule has 1 aliphatic rings. The lowest BCUT2D eigenvalue weighted by molar-refractivity contribution is 0.249. The maximum Gasteiger partial charge on any atom is 0.165 e. The average molecular weight is 458 g/mol. The number of anilines is 1. The summed E-state index contributed by atoms with van der Waals surface area (Å²) in [7, 11) is 0. The minimum absolute atomic E-state index is 0.107. The number of fused-ring (bicyclic) bond motifs is 1. The van der Waals surface area contributed by atoms with Crippen LogP contribution in [0.5, 0.6) is 0 Å². The monoisotopic (exact) mass is 457 g/mol. The summed E-state index contributed by atoms with van der Waals surface area (Å²) < 4.78 is 15.6. The van der Waals surface area contributed by atoms with E-state index in [1.807, 2.05) is 23.6 Å². The van der Waals surface area contributed by atoms with Gasteiger partial charge >= 0.3 is 0 Å². The minimum Gasteiger partial charge on any atom is -0.354 e. The quantitative estimate of drug-likeness (QED) is 0.408. The van der Waals surface area contributed by atoms with Crippen molar-refractivity contribution in [1.82, 2.24) is 19.5 Å². The molecule has 1 saturated heterocycles. The van der Waals surface area contributed by atoms with E-state index >= 15 is 0 Å². The number of aromatic nitrogens is 3. The van der Waals surface area contributed by atoms with E-state index in [4.69, 9.17) is 10.1 Å². The predicted molar refractivity (Wildman–Crippen MR) is 136 cm³/mol. The van der Waals surface area contributed by atoms with Crippen LogP contribution in [0.15, 0.2) is 60.7 Å². The van der Waals surface area contributed by atoms with E-state index in [1.165, 1.54) is 17.7 Å². The highest BCUT2D eigenvalue weighted by Gasteiger charge is 2.26. The molecule has 0 bridgehead atoms. The van der Waals surface area contributed by atoms with Crippen LogP contribution < -0.4 is 4.90 Å². The molecule has 34 heavy (non-hydrogen) atoms. The Balaban J connectivity index is 1.51. The average Bonchev–Trinajstić information content (AvgIpc) is 3.15.